The number of rotatable bonds is 10. The van der Waals surface area contributed by atoms with E-state index in [9.17, 15) is 13.5 Å². The molecule has 2 atom stereocenters. The molecule has 0 radical (unpaired) electrons. The lowest BCUT2D eigenvalue weighted by molar-refractivity contribution is -0.404. The molecule has 1 fully saturated rings. The minimum atomic E-state index is -4.06. The molecule has 0 aliphatic carbocycles. The number of β-amino-alcohol motifs (C(OH)–C–C–N with tert-alkyl or cyclic N) is 1. The number of aryl methyl sites for hydroxylation is 1. The topological polar surface area (TPSA) is 85.3 Å². The van der Waals surface area contributed by atoms with Gasteiger partial charge < -0.3 is 19.3 Å². The second-order valence-corrected chi connectivity index (χ2v) is 12.1. The summed E-state index contributed by atoms with van der Waals surface area (Å²) in [7, 11) is -1.20. The molecule has 1 aliphatic rings. The van der Waals surface area contributed by atoms with Crippen LogP contribution >= 0.6 is 0 Å². The van der Waals surface area contributed by atoms with Gasteiger partial charge in [0.1, 0.15) is 11.6 Å². The predicted octanol–water partition coefficient (Wildman–Crippen LogP) is 5.07. The summed E-state index contributed by atoms with van der Waals surface area (Å²) in [5.41, 5.74) is 2.04. The van der Waals surface area contributed by atoms with Crippen LogP contribution in [0.25, 0.3) is 0 Å². The number of hydrogen-bond donors (Lipinski definition) is 1. The number of benzene rings is 4. The normalized spacial score (nSPS) is 18.4. The molecule has 0 saturated carbocycles. The van der Waals surface area contributed by atoms with Gasteiger partial charge in [-0.15, -0.1) is 0 Å². The van der Waals surface area contributed by atoms with Crippen molar-refractivity contribution in [3.8, 4) is 0 Å². The Labute approximate surface area is 242 Å². The van der Waals surface area contributed by atoms with E-state index in [1.165, 1.54) is 18.5 Å². The number of sulfonamides is 1. The highest BCUT2D eigenvalue weighted by atomic mass is 32.2. The lowest BCUT2D eigenvalue weighted by Crippen LogP contribution is -2.59. The third-order valence-corrected chi connectivity index (χ3v) is 9.56. The van der Waals surface area contributed by atoms with Crippen molar-refractivity contribution in [2.75, 3.05) is 20.8 Å². The second kappa shape index (κ2) is 11.9. The quantitative estimate of drug-likeness (QED) is 0.211. The van der Waals surface area contributed by atoms with Gasteiger partial charge in [0.05, 0.1) is 11.0 Å². The molecule has 8 heteroatoms. The lowest BCUT2D eigenvalue weighted by Gasteiger charge is -2.46. The molecule has 0 amide bonds. The van der Waals surface area contributed by atoms with E-state index >= 15 is 0 Å². The van der Waals surface area contributed by atoms with Gasteiger partial charge in [-0.1, -0.05) is 109 Å². The van der Waals surface area contributed by atoms with Crippen LogP contribution in [0, 0.1) is 6.92 Å². The first kappa shape index (κ1) is 29.1. The molecular formula is C33H35NO6S. The molecule has 7 nitrogen and oxygen atoms in total. The van der Waals surface area contributed by atoms with Crippen LogP contribution in [0.3, 0.4) is 0 Å². The van der Waals surface area contributed by atoms with Gasteiger partial charge in [-0.25, -0.2) is 8.42 Å². The minimum Gasteiger partial charge on any atom is -0.392 e. The Morgan fingerprint density at radius 2 is 1.17 bits per heavy atom. The molecule has 5 rings (SSSR count). The minimum absolute atomic E-state index is 0.0429. The lowest BCUT2D eigenvalue weighted by atomic mass is 9.80. The Balaban J connectivity index is 1.71. The van der Waals surface area contributed by atoms with Crippen molar-refractivity contribution in [2.24, 2.45) is 0 Å². The zero-order valence-electron chi connectivity index (χ0n) is 23.4. The van der Waals surface area contributed by atoms with E-state index in [-0.39, 0.29) is 17.9 Å². The number of methoxy groups -OCH3 is 2. The Morgan fingerprint density at radius 1 is 0.732 bits per heavy atom. The Bertz CT molecular complexity index is 1430. The molecule has 41 heavy (non-hydrogen) atoms. The van der Waals surface area contributed by atoms with E-state index in [4.69, 9.17) is 14.2 Å². The molecule has 0 spiro atoms. The molecule has 0 aromatic heterocycles. The summed E-state index contributed by atoms with van der Waals surface area (Å²) in [5.74, 6) is -1.92. The van der Waals surface area contributed by atoms with Crippen molar-refractivity contribution >= 4 is 10.0 Å². The third-order valence-electron chi connectivity index (χ3n) is 7.67. The number of ether oxygens (including phenoxy) is 3. The van der Waals surface area contributed by atoms with E-state index in [0.29, 0.717) is 0 Å². The average molecular weight is 574 g/mol. The average Bonchev–Trinajstić information content (AvgIpc) is 3.43. The Morgan fingerprint density at radius 3 is 1.59 bits per heavy atom. The first-order valence-corrected chi connectivity index (χ1v) is 14.9. The Kier molecular flexibility index (Phi) is 8.42. The highest BCUT2D eigenvalue weighted by Crippen LogP contribution is 2.47. The van der Waals surface area contributed by atoms with Crippen LogP contribution in [0.4, 0.5) is 0 Å². The second-order valence-electron chi connectivity index (χ2n) is 10.2. The van der Waals surface area contributed by atoms with E-state index < -0.39 is 33.7 Å². The van der Waals surface area contributed by atoms with E-state index in [2.05, 4.69) is 0 Å². The van der Waals surface area contributed by atoms with Crippen molar-refractivity contribution in [1.82, 2.24) is 4.31 Å². The number of hydrogen-bond acceptors (Lipinski definition) is 6. The number of aliphatic hydroxyl groups is 1. The molecule has 1 heterocycles. The molecule has 1 aliphatic heterocycles. The van der Waals surface area contributed by atoms with Gasteiger partial charge in [-0.3, -0.25) is 0 Å². The van der Waals surface area contributed by atoms with Crippen molar-refractivity contribution in [3.63, 3.8) is 0 Å². The maximum Gasteiger partial charge on any atom is 0.301 e. The molecule has 1 saturated heterocycles. The first-order chi connectivity index (χ1) is 19.8. The monoisotopic (exact) mass is 573 g/mol. The summed E-state index contributed by atoms with van der Waals surface area (Å²) in [6.07, 6.45) is -0.908. The maximum atomic E-state index is 14.0. The molecule has 4 aromatic carbocycles. The fourth-order valence-electron chi connectivity index (χ4n) is 5.63. The summed E-state index contributed by atoms with van der Waals surface area (Å²) < 4.78 is 48.5. The summed E-state index contributed by atoms with van der Waals surface area (Å²) in [4.78, 5) is 0.115. The standard InChI is InChI=1S/C33H35NO6S/c1-25-19-21-30(22-20-25)41(36,37)34-24-29(35)23-31(34)33(38-2,39-3)40-32(26-13-7-4-8-14-26,27-15-9-5-10-16-27)28-17-11-6-12-18-28/h4-22,29,31,35H,23-24H2,1-3H3. The fourth-order valence-corrected chi connectivity index (χ4v) is 7.30. The molecule has 4 aromatic rings. The van der Waals surface area contributed by atoms with Crippen LogP contribution in [0.15, 0.2) is 120 Å². The number of aliphatic hydroxyl groups excluding tert-OH is 1. The van der Waals surface area contributed by atoms with Gasteiger partial charge in [0.2, 0.25) is 10.0 Å². The summed E-state index contributed by atoms with van der Waals surface area (Å²) in [6.45, 7) is 1.76. The zero-order valence-corrected chi connectivity index (χ0v) is 24.2. The van der Waals surface area contributed by atoms with Crippen LogP contribution in [0.2, 0.25) is 0 Å². The molecule has 1 N–H and O–H groups in total. The first-order valence-electron chi connectivity index (χ1n) is 13.5. The van der Waals surface area contributed by atoms with Crippen LogP contribution in [0.1, 0.15) is 28.7 Å². The summed E-state index contributed by atoms with van der Waals surface area (Å²) in [6, 6.07) is 34.7. The molecule has 0 bridgehead atoms. The fraction of sp³-hybridized carbons (Fsp3) is 0.273. The smallest absolute Gasteiger partial charge is 0.301 e. The van der Waals surface area contributed by atoms with Gasteiger partial charge in [0, 0.05) is 20.8 Å². The maximum absolute atomic E-state index is 14.0. The van der Waals surface area contributed by atoms with Crippen molar-refractivity contribution < 1.29 is 27.7 Å². The van der Waals surface area contributed by atoms with Gasteiger partial charge in [-0.05, 0) is 42.2 Å². The van der Waals surface area contributed by atoms with Crippen molar-refractivity contribution in [1.29, 1.82) is 0 Å². The van der Waals surface area contributed by atoms with Crippen LogP contribution in [0.5, 0.6) is 0 Å². The number of nitrogens with zero attached hydrogens (tertiary/aromatic N) is 1. The van der Waals surface area contributed by atoms with Crippen molar-refractivity contribution in [2.45, 2.75) is 42.0 Å². The molecule has 2 unspecified atom stereocenters. The van der Waals surface area contributed by atoms with E-state index in [0.717, 1.165) is 22.3 Å². The van der Waals surface area contributed by atoms with Gasteiger partial charge in [0.25, 0.3) is 0 Å². The predicted molar refractivity (Wildman–Crippen MR) is 157 cm³/mol. The summed E-state index contributed by atoms with van der Waals surface area (Å²) in [5, 5.41) is 10.9. The van der Waals surface area contributed by atoms with Gasteiger partial charge in [0.15, 0.2) is 0 Å². The Hall–Kier alpha value is -3.37. The summed E-state index contributed by atoms with van der Waals surface area (Å²) >= 11 is 0. The van der Waals surface area contributed by atoms with Crippen LogP contribution < -0.4 is 0 Å². The van der Waals surface area contributed by atoms with E-state index in [1.54, 1.807) is 24.3 Å². The van der Waals surface area contributed by atoms with Gasteiger partial charge in [-0.2, -0.15) is 4.31 Å². The van der Waals surface area contributed by atoms with Crippen LogP contribution in [-0.2, 0) is 29.8 Å². The highest BCUT2D eigenvalue weighted by molar-refractivity contribution is 7.89. The highest BCUT2D eigenvalue weighted by Gasteiger charge is 2.57. The zero-order chi connectivity index (χ0) is 29.1. The van der Waals surface area contributed by atoms with Gasteiger partial charge >= 0.3 is 5.97 Å². The third kappa shape index (κ3) is 5.35. The molecular weight excluding hydrogens is 538 g/mol. The largest absolute Gasteiger partial charge is 0.392 e. The van der Waals surface area contributed by atoms with Crippen molar-refractivity contribution in [3.05, 3.63) is 138 Å². The van der Waals surface area contributed by atoms with Crippen LogP contribution in [-0.4, -0.2) is 56.7 Å². The molecule has 214 valence electrons. The SMILES string of the molecule is COC(OC)(OC(c1ccccc1)(c1ccccc1)c1ccccc1)C1CC(O)CN1S(=O)(=O)c1ccc(C)cc1. The van der Waals surface area contributed by atoms with E-state index in [1.807, 2.05) is 97.9 Å².